The number of ether oxygens (including phenoxy) is 1. The first kappa shape index (κ1) is 20.2. The van der Waals surface area contributed by atoms with E-state index >= 15 is 0 Å². The third-order valence-corrected chi connectivity index (χ3v) is 4.99. The molecule has 0 bridgehead atoms. The minimum absolute atomic E-state index is 0.0632. The highest BCUT2D eigenvalue weighted by atomic mass is 19.3. The topological polar surface area (TPSA) is 72.3 Å². The Morgan fingerprint density at radius 3 is 2.57 bits per heavy atom. The number of aromatic nitrogens is 3. The van der Waals surface area contributed by atoms with Crippen LogP contribution in [0.1, 0.15) is 35.9 Å². The lowest BCUT2D eigenvalue weighted by molar-refractivity contribution is -0.0498. The van der Waals surface area contributed by atoms with Gasteiger partial charge in [-0.25, -0.2) is 4.68 Å². The molecule has 1 aliphatic heterocycles. The molecule has 152 valence electrons. The van der Waals surface area contributed by atoms with E-state index in [1.807, 2.05) is 4.90 Å². The van der Waals surface area contributed by atoms with Gasteiger partial charge < -0.3 is 15.0 Å². The number of piperidine rings is 1. The normalized spacial score (nSPS) is 15.2. The van der Waals surface area contributed by atoms with Crippen molar-refractivity contribution in [3.63, 3.8) is 0 Å². The van der Waals surface area contributed by atoms with Crippen LogP contribution in [0.5, 0.6) is 5.75 Å². The molecule has 0 radical (unpaired) electrons. The second-order valence-corrected chi connectivity index (χ2v) is 6.85. The van der Waals surface area contributed by atoms with Gasteiger partial charge in [0, 0.05) is 13.1 Å². The van der Waals surface area contributed by atoms with E-state index in [-0.39, 0.29) is 11.7 Å². The molecule has 28 heavy (non-hydrogen) atoms. The van der Waals surface area contributed by atoms with Gasteiger partial charge >= 0.3 is 6.61 Å². The number of carbonyl (C=O) groups is 1. The zero-order chi connectivity index (χ0) is 20.1. The fourth-order valence-corrected chi connectivity index (χ4v) is 3.38. The Balaban J connectivity index is 1.66. The zero-order valence-corrected chi connectivity index (χ0v) is 16.1. The van der Waals surface area contributed by atoms with Gasteiger partial charge in [-0.2, -0.15) is 8.78 Å². The van der Waals surface area contributed by atoms with E-state index in [0.29, 0.717) is 36.1 Å². The number of likely N-dealkylation sites (tertiary alicyclic amines) is 1. The van der Waals surface area contributed by atoms with Crippen LogP contribution < -0.4 is 10.1 Å². The van der Waals surface area contributed by atoms with Crippen LogP contribution in [-0.2, 0) is 0 Å². The Bertz CT molecular complexity index is 786. The summed E-state index contributed by atoms with van der Waals surface area (Å²) in [6.45, 7) is 4.35. The molecular weight excluding hydrogens is 368 g/mol. The van der Waals surface area contributed by atoms with Crippen molar-refractivity contribution in [2.24, 2.45) is 5.92 Å². The van der Waals surface area contributed by atoms with Crippen molar-refractivity contribution in [2.75, 3.05) is 26.2 Å². The molecule has 1 fully saturated rings. The van der Waals surface area contributed by atoms with Crippen molar-refractivity contribution in [2.45, 2.75) is 33.3 Å². The summed E-state index contributed by atoms with van der Waals surface area (Å²) in [5.74, 6) is 0.534. The number of nitrogens with one attached hydrogen (secondary N) is 1. The van der Waals surface area contributed by atoms with E-state index < -0.39 is 6.61 Å². The predicted octanol–water partition coefficient (Wildman–Crippen LogP) is 2.64. The number of carbonyl (C=O) groups excluding carboxylic acids is 1. The van der Waals surface area contributed by atoms with Crippen molar-refractivity contribution in [1.82, 2.24) is 25.2 Å². The Kier molecular flexibility index (Phi) is 6.56. The maximum Gasteiger partial charge on any atom is 0.387 e. The molecule has 9 heteroatoms. The Morgan fingerprint density at radius 1 is 1.29 bits per heavy atom. The minimum Gasteiger partial charge on any atom is -0.435 e. The summed E-state index contributed by atoms with van der Waals surface area (Å²) in [4.78, 5) is 14.7. The highest BCUT2D eigenvalue weighted by molar-refractivity contribution is 5.93. The molecule has 0 saturated carbocycles. The number of rotatable bonds is 7. The number of amides is 1. The number of halogens is 2. The summed E-state index contributed by atoms with van der Waals surface area (Å²) < 4.78 is 30.4. The summed E-state index contributed by atoms with van der Waals surface area (Å²) in [6, 6.07) is 6.05. The van der Waals surface area contributed by atoms with Crippen LogP contribution in [0.25, 0.3) is 5.69 Å². The van der Waals surface area contributed by atoms with Gasteiger partial charge in [-0.05, 0) is 63.0 Å². The SMILES string of the molecule is CCNCC1CCN(C(=O)c2nnn(-c3ccc(OC(F)F)cc3)c2C)CC1. The molecule has 1 amide bonds. The molecule has 1 aromatic heterocycles. The van der Waals surface area contributed by atoms with Crippen LogP contribution in [0.4, 0.5) is 8.78 Å². The third kappa shape index (κ3) is 4.64. The summed E-state index contributed by atoms with van der Waals surface area (Å²) in [7, 11) is 0. The van der Waals surface area contributed by atoms with Gasteiger partial charge in [0.2, 0.25) is 0 Å². The van der Waals surface area contributed by atoms with Crippen molar-refractivity contribution < 1.29 is 18.3 Å². The van der Waals surface area contributed by atoms with E-state index in [0.717, 1.165) is 25.9 Å². The third-order valence-electron chi connectivity index (χ3n) is 4.99. The summed E-state index contributed by atoms with van der Waals surface area (Å²) in [5, 5.41) is 11.5. The lowest BCUT2D eigenvalue weighted by atomic mass is 9.96. The second kappa shape index (κ2) is 9.09. The first-order valence-electron chi connectivity index (χ1n) is 9.47. The second-order valence-electron chi connectivity index (χ2n) is 6.85. The molecule has 1 aliphatic rings. The maximum absolute atomic E-state index is 12.9. The molecule has 1 aromatic carbocycles. The number of hydrogen-bond acceptors (Lipinski definition) is 5. The lowest BCUT2D eigenvalue weighted by Gasteiger charge is -2.31. The van der Waals surface area contributed by atoms with Crippen LogP contribution in [0, 0.1) is 12.8 Å². The van der Waals surface area contributed by atoms with Crippen LogP contribution in [0.3, 0.4) is 0 Å². The molecule has 0 atom stereocenters. The first-order valence-corrected chi connectivity index (χ1v) is 9.47. The fraction of sp³-hybridized carbons (Fsp3) is 0.526. The molecule has 7 nitrogen and oxygen atoms in total. The highest BCUT2D eigenvalue weighted by Gasteiger charge is 2.27. The predicted molar refractivity (Wildman–Crippen MR) is 99.9 cm³/mol. The molecule has 2 heterocycles. The molecule has 0 unspecified atom stereocenters. The van der Waals surface area contributed by atoms with Crippen LogP contribution >= 0.6 is 0 Å². The van der Waals surface area contributed by atoms with Gasteiger partial charge in [-0.1, -0.05) is 12.1 Å². The van der Waals surface area contributed by atoms with Crippen LogP contribution in [0.2, 0.25) is 0 Å². The van der Waals surface area contributed by atoms with Gasteiger partial charge in [-0.3, -0.25) is 4.79 Å². The molecule has 0 spiro atoms. The van der Waals surface area contributed by atoms with E-state index in [9.17, 15) is 13.6 Å². The van der Waals surface area contributed by atoms with E-state index in [2.05, 4.69) is 27.3 Å². The number of alkyl halides is 2. The summed E-state index contributed by atoms with van der Waals surface area (Å²) in [6.07, 6.45) is 1.94. The van der Waals surface area contributed by atoms with Crippen molar-refractivity contribution in [3.8, 4) is 11.4 Å². The quantitative estimate of drug-likeness (QED) is 0.783. The van der Waals surface area contributed by atoms with Crippen molar-refractivity contribution in [3.05, 3.63) is 35.7 Å². The van der Waals surface area contributed by atoms with E-state index in [4.69, 9.17) is 0 Å². The maximum atomic E-state index is 12.9. The monoisotopic (exact) mass is 393 g/mol. The molecule has 1 N–H and O–H groups in total. The highest BCUT2D eigenvalue weighted by Crippen LogP contribution is 2.21. The van der Waals surface area contributed by atoms with E-state index in [1.54, 1.807) is 19.1 Å². The molecular formula is C19H25F2N5O2. The van der Waals surface area contributed by atoms with Gasteiger partial charge in [0.15, 0.2) is 5.69 Å². The number of nitrogens with zero attached hydrogens (tertiary/aromatic N) is 4. The minimum atomic E-state index is -2.87. The standard InChI is InChI=1S/C19H25F2N5O2/c1-3-22-12-14-8-10-25(11-9-14)18(27)17-13(2)26(24-23-17)15-4-6-16(7-5-15)28-19(20)21/h4-7,14,19,22H,3,8-12H2,1-2H3. The largest absolute Gasteiger partial charge is 0.435 e. The van der Waals surface area contributed by atoms with Crippen LogP contribution in [-0.4, -0.2) is 58.6 Å². The van der Waals surface area contributed by atoms with E-state index in [1.165, 1.54) is 16.8 Å². The summed E-state index contributed by atoms with van der Waals surface area (Å²) >= 11 is 0. The Labute approximate surface area is 162 Å². The Morgan fingerprint density at radius 2 is 1.96 bits per heavy atom. The van der Waals surface area contributed by atoms with Crippen molar-refractivity contribution >= 4 is 5.91 Å². The number of hydrogen-bond donors (Lipinski definition) is 1. The van der Waals surface area contributed by atoms with Crippen molar-refractivity contribution in [1.29, 1.82) is 0 Å². The van der Waals surface area contributed by atoms with Gasteiger partial charge in [0.05, 0.1) is 11.4 Å². The van der Waals surface area contributed by atoms with Crippen LogP contribution in [0.15, 0.2) is 24.3 Å². The first-order chi connectivity index (χ1) is 13.5. The average molecular weight is 393 g/mol. The molecule has 3 rings (SSSR count). The Hall–Kier alpha value is -2.55. The van der Waals surface area contributed by atoms with Gasteiger partial charge in [0.25, 0.3) is 5.91 Å². The lowest BCUT2D eigenvalue weighted by Crippen LogP contribution is -2.41. The number of benzene rings is 1. The summed E-state index contributed by atoms with van der Waals surface area (Å²) in [5.41, 5.74) is 1.55. The molecule has 2 aromatic rings. The zero-order valence-electron chi connectivity index (χ0n) is 16.1. The fourth-order valence-electron chi connectivity index (χ4n) is 3.38. The molecule has 0 aliphatic carbocycles. The average Bonchev–Trinajstić information content (AvgIpc) is 3.08. The van der Waals surface area contributed by atoms with Gasteiger partial charge in [-0.15, -0.1) is 5.10 Å². The van der Waals surface area contributed by atoms with Gasteiger partial charge in [0.1, 0.15) is 5.75 Å². The molecule has 1 saturated heterocycles. The smallest absolute Gasteiger partial charge is 0.387 e.